The molecule has 1 N–H and O–H groups in total. The summed E-state index contributed by atoms with van der Waals surface area (Å²) in [5.41, 5.74) is 1.66. The molecule has 0 spiro atoms. The fourth-order valence-corrected chi connectivity index (χ4v) is 2.69. The highest BCUT2D eigenvalue weighted by molar-refractivity contribution is 6.11. The summed E-state index contributed by atoms with van der Waals surface area (Å²) in [6.45, 7) is 3.77. The van der Waals surface area contributed by atoms with E-state index < -0.39 is 17.4 Å². The second kappa shape index (κ2) is 10.5. The van der Waals surface area contributed by atoms with Crippen LogP contribution in [0.1, 0.15) is 35.3 Å². The predicted molar refractivity (Wildman–Crippen MR) is 110 cm³/mol. The maximum absolute atomic E-state index is 13.4. The van der Waals surface area contributed by atoms with Gasteiger partial charge < -0.3 is 19.3 Å². The number of ketones is 1. The summed E-state index contributed by atoms with van der Waals surface area (Å²) in [5.74, 6) is -2.41. The zero-order chi connectivity index (χ0) is 22.3. The fraction of sp³-hybridized carbons (Fsp3) is 0.261. The molecule has 0 aliphatic rings. The van der Waals surface area contributed by atoms with E-state index in [1.807, 2.05) is 19.9 Å². The van der Waals surface area contributed by atoms with E-state index in [0.29, 0.717) is 23.3 Å². The first-order valence-electron chi connectivity index (χ1n) is 9.13. The number of rotatable bonds is 9. The molecular formula is C23H24F2O5. The van der Waals surface area contributed by atoms with Gasteiger partial charge in [-0.2, -0.15) is 0 Å². The number of carbonyl (C=O) groups is 1. The molecule has 0 unspecified atom stereocenters. The molecule has 0 radical (unpaired) electrons. The predicted octanol–water partition coefficient (Wildman–Crippen LogP) is 5.07. The van der Waals surface area contributed by atoms with Gasteiger partial charge in [0.1, 0.15) is 22.8 Å². The lowest BCUT2D eigenvalue weighted by molar-refractivity contribution is 0.0502. The number of benzene rings is 2. The lowest BCUT2D eigenvalue weighted by Gasteiger charge is -2.17. The van der Waals surface area contributed by atoms with Crippen LogP contribution in [0.2, 0.25) is 0 Å². The van der Waals surface area contributed by atoms with Crippen molar-refractivity contribution in [2.24, 2.45) is 0 Å². The van der Waals surface area contributed by atoms with E-state index in [0.717, 1.165) is 23.8 Å². The topological polar surface area (TPSA) is 65.0 Å². The van der Waals surface area contributed by atoms with E-state index in [4.69, 9.17) is 14.2 Å². The van der Waals surface area contributed by atoms with E-state index in [2.05, 4.69) is 0 Å². The summed E-state index contributed by atoms with van der Waals surface area (Å²) in [5, 5.41) is 10.8. The van der Waals surface area contributed by atoms with Crippen LogP contribution >= 0.6 is 0 Å². The molecule has 0 fully saturated rings. The molecule has 7 heteroatoms. The van der Waals surface area contributed by atoms with Gasteiger partial charge in [-0.25, -0.2) is 8.78 Å². The van der Waals surface area contributed by atoms with E-state index in [9.17, 15) is 18.7 Å². The number of phenolic OH excluding ortho intramolecular Hbond substituents is 1. The van der Waals surface area contributed by atoms with Gasteiger partial charge in [0.15, 0.2) is 24.2 Å². The van der Waals surface area contributed by atoms with Gasteiger partial charge >= 0.3 is 0 Å². The maximum atomic E-state index is 13.4. The number of allylic oxidation sites excluding steroid dienone is 3. The van der Waals surface area contributed by atoms with E-state index in [1.165, 1.54) is 32.4 Å². The van der Waals surface area contributed by atoms with Gasteiger partial charge in [0.2, 0.25) is 0 Å². The molecule has 2 rings (SSSR count). The lowest BCUT2D eigenvalue weighted by atomic mass is 9.99. The average Bonchev–Trinajstić information content (AvgIpc) is 2.71. The number of phenols is 1. The highest BCUT2D eigenvalue weighted by Gasteiger charge is 2.23. The van der Waals surface area contributed by atoms with Gasteiger partial charge in [-0.15, -0.1) is 0 Å². The van der Waals surface area contributed by atoms with Gasteiger partial charge in [-0.1, -0.05) is 23.8 Å². The van der Waals surface area contributed by atoms with Crippen LogP contribution in [0.15, 0.2) is 42.0 Å². The Labute approximate surface area is 174 Å². The molecule has 0 saturated heterocycles. The zero-order valence-electron chi connectivity index (χ0n) is 17.3. The quantitative estimate of drug-likeness (QED) is 0.267. The van der Waals surface area contributed by atoms with Crippen LogP contribution in [0.25, 0.3) is 6.08 Å². The fourth-order valence-electron chi connectivity index (χ4n) is 2.69. The van der Waals surface area contributed by atoms with Gasteiger partial charge in [0.05, 0.1) is 7.11 Å². The number of hydrogen-bond acceptors (Lipinski definition) is 5. The Kier molecular flexibility index (Phi) is 8.12. The molecule has 0 aliphatic heterocycles. The number of aromatic hydroxyl groups is 1. The largest absolute Gasteiger partial charge is 0.507 e. The summed E-state index contributed by atoms with van der Waals surface area (Å²) >= 11 is 0. The standard InChI is InChI=1S/C23H24F2O5/c1-14(2)5-8-16-20(30-13-28-3)12-21(29-4)22(23(16)27)19(26)10-7-15-6-9-17(24)18(25)11-15/h5-7,9-12,27H,8,13H2,1-4H3. The Balaban J connectivity index is 2.49. The minimum Gasteiger partial charge on any atom is -0.507 e. The van der Waals surface area contributed by atoms with Crippen molar-refractivity contribution in [2.45, 2.75) is 20.3 Å². The number of ether oxygens (including phenoxy) is 3. The van der Waals surface area contributed by atoms with Crippen molar-refractivity contribution < 1.29 is 32.9 Å². The molecule has 30 heavy (non-hydrogen) atoms. The van der Waals surface area contributed by atoms with Gasteiger partial charge in [-0.05, 0) is 44.0 Å². The van der Waals surface area contributed by atoms with Crippen molar-refractivity contribution in [1.29, 1.82) is 0 Å². The summed E-state index contributed by atoms with van der Waals surface area (Å²) in [6.07, 6.45) is 4.69. The summed E-state index contributed by atoms with van der Waals surface area (Å²) in [7, 11) is 2.83. The maximum Gasteiger partial charge on any atom is 0.193 e. The third kappa shape index (κ3) is 5.67. The number of hydrogen-bond donors (Lipinski definition) is 1. The second-order valence-corrected chi connectivity index (χ2v) is 6.69. The Morgan fingerprint density at radius 2 is 1.83 bits per heavy atom. The van der Waals surface area contributed by atoms with E-state index in [-0.39, 0.29) is 23.9 Å². The molecule has 0 atom stereocenters. The smallest absolute Gasteiger partial charge is 0.193 e. The minimum absolute atomic E-state index is 0.0479. The normalized spacial score (nSPS) is 10.9. The van der Waals surface area contributed by atoms with Gasteiger partial charge in [0.25, 0.3) is 0 Å². The molecule has 2 aromatic rings. The third-order valence-electron chi connectivity index (χ3n) is 4.21. The molecule has 0 saturated carbocycles. The average molecular weight is 418 g/mol. The van der Waals surface area contributed by atoms with Crippen LogP contribution in [0.3, 0.4) is 0 Å². The second-order valence-electron chi connectivity index (χ2n) is 6.69. The first-order chi connectivity index (χ1) is 14.3. The SMILES string of the molecule is COCOc1cc(OC)c(C(=O)C=Cc2ccc(F)c(F)c2)c(O)c1CC=C(C)C. The van der Waals surface area contributed by atoms with Crippen molar-refractivity contribution in [1.82, 2.24) is 0 Å². The van der Waals surface area contributed by atoms with Crippen LogP contribution < -0.4 is 9.47 Å². The Hall–Kier alpha value is -3.19. The van der Waals surface area contributed by atoms with Crippen LogP contribution in [0, 0.1) is 11.6 Å². The Morgan fingerprint density at radius 1 is 1.10 bits per heavy atom. The lowest BCUT2D eigenvalue weighted by Crippen LogP contribution is -2.07. The summed E-state index contributed by atoms with van der Waals surface area (Å²) in [4.78, 5) is 12.8. The molecule has 0 aromatic heterocycles. The van der Waals surface area contributed by atoms with Crippen molar-refractivity contribution in [2.75, 3.05) is 21.0 Å². The number of carbonyl (C=O) groups excluding carboxylic acids is 1. The Bertz CT molecular complexity index is 976. The Morgan fingerprint density at radius 3 is 2.43 bits per heavy atom. The van der Waals surface area contributed by atoms with Crippen LogP contribution in [-0.4, -0.2) is 31.9 Å². The first-order valence-corrected chi connectivity index (χ1v) is 9.13. The van der Waals surface area contributed by atoms with Crippen LogP contribution in [0.4, 0.5) is 8.78 Å². The first kappa shape index (κ1) is 23.1. The van der Waals surface area contributed by atoms with E-state index >= 15 is 0 Å². The number of halogens is 2. The van der Waals surface area contributed by atoms with Crippen molar-refractivity contribution in [3.8, 4) is 17.2 Å². The van der Waals surface area contributed by atoms with Gasteiger partial charge in [-0.3, -0.25) is 4.79 Å². The molecule has 160 valence electrons. The van der Waals surface area contributed by atoms with Crippen LogP contribution in [-0.2, 0) is 11.2 Å². The van der Waals surface area contributed by atoms with Crippen LogP contribution in [0.5, 0.6) is 17.2 Å². The molecule has 0 bridgehead atoms. The minimum atomic E-state index is -1.02. The monoisotopic (exact) mass is 418 g/mol. The van der Waals surface area contributed by atoms with E-state index in [1.54, 1.807) is 0 Å². The highest BCUT2D eigenvalue weighted by Crippen LogP contribution is 2.40. The van der Waals surface area contributed by atoms with Crippen molar-refractivity contribution in [3.05, 3.63) is 70.3 Å². The molecule has 0 aliphatic carbocycles. The molecular weight excluding hydrogens is 394 g/mol. The molecule has 5 nitrogen and oxygen atoms in total. The third-order valence-corrected chi connectivity index (χ3v) is 4.21. The summed E-state index contributed by atoms with van der Waals surface area (Å²) < 4.78 is 42.2. The molecule has 0 amide bonds. The zero-order valence-corrected chi connectivity index (χ0v) is 17.3. The summed E-state index contributed by atoms with van der Waals surface area (Å²) in [6, 6.07) is 4.78. The molecule has 0 heterocycles. The van der Waals surface area contributed by atoms with Gasteiger partial charge in [0, 0.05) is 18.7 Å². The van der Waals surface area contributed by atoms with Crippen molar-refractivity contribution >= 4 is 11.9 Å². The highest BCUT2D eigenvalue weighted by atomic mass is 19.2. The number of methoxy groups -OCH3 is 2. The van der Waals surface area contributed by atoms with Crippen molar-refractivity contribution in [3.63, 3.8) is 0 Å². The molecule has 2 aromatic carbocycles.